The average Bonchev–Trinajstić information content (AvgIpc) is 3.26. The first-order chi connectivity index (χ1) is 16.1. The van der Waals surface area contributed by atoms with E-state index in [-0.39, 0.29) is 12.3 Å². The van der Waals surface area contributed by atoms with Crippen molar-refractivity contribution in [1.82, 2.24) is 15.8 Å². The van der Waals surface area contributed by atoms with Crippen LogP contribution in [0.1, 0.15) is 21.8 Å². The molecule has 0 spiro atoms. The van der Waals surface area contributed by atoms with Crippen LogP contribution in [0.2, 0.25) is 0 Å². The number of nitrogens with zero attached hydrogens (tertiary/aromatic N) is 1. The number of hydrogen-bond donors (Lipinski definition) is 2. The van der Waals surface area contributed by atoms with E-state index in [2.05, 4.69) is 15.8 Å². The topological polar surface area (TPSA) is 80.3 Å². The van der Waals surface area contributed by atoms with Gasteiger partial charge in [0.05, 0.1) is 17.1 Å². The summed E-state index contributed by atoms with van der Waals surface area (Å²) in [6, 6.07) is 21.1. The van der Waals surface area contributed by atoms with Crippen LogP contribution in [0.15, 0.2) is 78.2 Å². The molecule has 0 unspecified atom stereocenters. The summed E-state index contributed by atoms with van der Waals surface area (Å²) in [7, 11) is 0. The van der Waals surface area contributed by atoms with Crippen molar-refractivity contribution in [3.63, 3.8) is 0 Å². The lowest BCUT2D eigenvalue weighted by Crippen LogP contribution is -2.41. The van der Waals surface area contributed by atoms with Gasteiger partial charge in [-0.25, -0.2) is 4.98 Å². The van der Waals surface area contributed by atoms with E-state index in [1.165, 1.54) is 6.08 Å². The van der Waals surface area contributed by atoms with Gasteiger partial charge in [-0.2, -0.15) is 0 Å². The molecule has 0 saturated heterocycles. The Labute approximate surface area is 195 Å². The molecule has 166 valence electrons. The number of thiazole rings is 1. The van der Waals surface area contributed by atoms with Gasteiger partial charge in [-0.15, -0.1) is 11.3 Å². The first kappa shape index (κ1) is 22.2. The predicted octanol–water partition coefficient (Wildman–Crippen LogP) is 4.59. The van der Waals surface area contributed by atoms with Crippen molar-refractivity contribution in [3.8, 4) is 5.75 Å². The van der Waals surface area contributed by atoms with Crippen molar-refractivity contribution in [3.05, 3.63) is 100 Å². The highest BCUT2D eigenvalue weighted by molar-refractivity contribution is 7.09. The highest BCUT2D eigenvalue weighted by Crippen LogP contribution is 2.21. The Hall–Kier alpha value is -3.97. The smallest absolute Gasteiger partial charge is 0.262 e. The fourth-order valence-electron chi connectivity index (χ4n) is 3.38. The summed E-state index contributed by atoms with van der Waals surface area (Å²) >= 11 is 1.57. The molecular formula is C26H23N3O3S. The molecule has 0 radical (unpaired) electrons. The molecule has 0 saturated carbocycles. The number of carbonyl (C=O) groups excluding carboxylic acids is 2. The number of aryl methyl sites for hydroxylation is 1. The van der Waals surface area contributed by atoms with Crippen molar-refractivity contribution in [2.75, 3.05) is 0 Å². The molecule has 33 heavy (non-hydrogen) atoms. The summed E-state index contributed by atoms with van der Waals surface area (Å²) in [6.07, 6.45) is 3.17. The molecule has 3 aromatic carbocycles. The summed E-state index contributed by atoms with van der Waals surface area (Å²) < 4.78 is 5.86. The minimum atomic E-state index is -0.439. The molecule has 0 fully saturated rings. The maximum Gasteiger partial charge on any atom is 0.262 e. The molecule has 2 N–H and O–H groups in total. The Kier molecular flexibility index (Phi) is 7.12. The van der Waals surface area contributed by atoms with Gasteiger partial charge in [-0.3, -0.25) is 20.4 Å². The van der Waals surface area contributed by atoms with Crippen molar-refractivity contribution in [2.45, 2.75) is 20.0 Å². The van der Waals surface area contributed by atoms with Crippen LogP contribution >= 0.6 is 11.3 Å². The van der Waals surface area contributed by atoms with Gasteiger partial charge in [0.15, 0.2) is 0 Å². The number of benzene rings is 3. The number of rotatable bonds is 7. The van der Waals surface area contributed by atoms with Crippen LogP contribution in [0.4, 0.5) is 0 Å². The number of nitrogens with one attached hydrogen (secondary N) is 2. The molecule has 2 amide bonds. The van der Waals surface area contributed by atoms with Gasteiger partial charge in [0.1, 0.15) is 12.4 Å². The summed E-state index contributed by atoms with van der Waals surface area (Å²) in [4.78, 5) is 28.9. The Bertz CT molecular complexity index is 1310. The lowest BCUT2D eigenvalue weighted by atomic mass is 10.0. The second kappa shape index (κ2) is 10.6. The van der Waals surface area contributed by atoms with E-state index >= 15 is 0 Å². The van der Waals surface area contributed by atoms with Crippen molar-refractivity contribution in [1.29, 1.82) is 0 Å². The van der Waals surface area contributed by atoms with Crippen LogP contribution in [0.25, 0.3) is 16.8 Å². The number of aromatic nitrogens is 1. The van der Waals surface area contributed by atoms with Crippen molar-refractivity contribution in [2.24, 2.45) is 0 Å². The lowest BCUT2D eigenvalue weighted by molar-refractivity contribution is -0.126. The Morgan fingerprint density at radius 2 is 1.79 bits per heavy atom. The van der Waals surface area contributed by atoms with Gasteiger partial charge in [-0.05, 0) is 35.4 Å². The first-order valence-corrected chi connectivity index (χ1v) is 11.3. The molecule has 0 bridgehead atoms. The SMILES string of the molecule is Cc1nc(COc2ccccc2/C=C/C(=O)NNC(=O)Cc2cccc3ccccc23)cs1. The van der Waals surface area contributed by atoms with Crippen LogP contribution < -0.4 is 15.6 Å². The van der Waals surface area contributed by atoms with Crippen molar-refractivity contribution < 1.29 is 14.3 Å². The highest BCUT2D eigenvalue weighted by Gasteiger charge is 2.08. The number of hydrogen-bond acceptors (Lipinski definition) is 5. The molecule has 0 atom stereocenters. The quantitative estimate of drug-likeness (QED) is 0.314. The molecule has 7 heteroatoms. The van der Waals surface area contributed by atoms with Crippen LogP contribution in [0, 0.1) is 6.92 Å². The lowest BCUT2D eigenvalue weighted by Gasteiger charge is -2.09. The van der Waals surface area contributed by atoms with Gasteiger partial charge in [0, 0.05) is 17.0 Å². The second-order valence-corrected chi connectivity index (χ2v) is 8.43. The number of fused-ring (bicyclic) bond motifs is 1. The third-order valence-electron chi connectivity index (χ3n) is 4.93. The third-order valence-corrected chi connectivity index (χ3v) is 5.75. The molecule has 1 heterocycles. The summed E-state index contributed by atoms with van der Waals surface area (Å²) in [6.45, 7) is 2.30. The van der Waals surface area contributed by atoms with E-state index in [0.29, 0.717) is 12.4 Å². The number of carbonyl (C=O) groups is 2. The maximum absolute atomic E-state index is 12.3. The number of amides is 2. The van der Waals surface area contributed by atoms with Crippen molar-refractivity contribution >= 4 is 40.0 Å². The first-order valence-electron chi connectivity index (χ1n) is 10.4. The molecule has 0 aliphatic heterocycles. The molecule has 0 aliphatic rings. The van der Waals surface area contributed by atoms with E-state index in [1.807, 2.05) is 79.0 Å². The Balaban J connectivity index is 1.31. The van der Waals surface area contributed by atoms with Crippen LogP contribution in [-0.4, -0.2) is 16.8 Å². The van der Waals surface area contributed by atoms with Gasteiger partial charge in [0.25, 0.3) is 5.91 Å². The van der Waals surface area contributed by atoms with Crippen LogP contribution in [0.5, 0.6) is 5.75 Å². The van der Waals surface area contributed by atoms with Crippen LogP contribution in [-0.2, 0) is 22.6 Å². The fourth-order valence-corrected chi connectivity index (χ4v) is 3.98. The standard InChI is InChI=1S/C26H23N3O3S/c1-18-27-22(17-33-18)16-32-24-12-5-3-8-20(24)13-14-25(30)28-29-26(31)15-21-10-6-9-19-7-2-4-11-23(19)21/h2-14,17H,15-16H2,1H3,(H,28,30)(H,29,31)/b14-13+. The Morgan fingerprint density at radius 1 is 1.00 bits per heavy atom. The summed E-state index contributed by atoms with van der Waals surface area (Å²) in [5, 5.41) is 5.04. The fraction of sp³-hybridized carbons (Fsp3) is 0.115. The Morgan fingerprint density at radius 3 is 2.64 bits per heavy atom. The molecule has 0 aliphatic carbocycles. The zero-order chi connectivity index (χ0) is 23.0. The second-order valence-electron chi connectivity index (χ2n) is 7.37. The minimum absolute atomic E-state index is 0.165. The van der Waals surface area contributed by atoms with Crippen LogP contribution in [0.3, 0.4) is 0 Å². The molecular weight excluding hydrogens is 434 g/mol. The monoisotopic (exact) mass is 457 g/mol. The normalized spacial score (nSPS) is 10.9. The molecule has 6 nitrogen and oxygen atoms in total. The summed E-state index contributed by atoms with van der Waals surface area (Å²) in [5.41, 5.74) is 7.41. The van der Waals surface area contributed by atoms with E-state index < -0.39 is 5.91 Å². The van der Waals surface area contributed by atoms with E-state index in [9.17, 15) is 9.59 Å². The van der Waals surface area contributed by atoms with E-state index in [1.54, 1.807) is 17.4 Å². The minimum Gasteiger partial charge on any atom is -0.487 e. The molecule has 1 aromatic heterocycles. The number of para-hydroxylation sites is 1. The van der Waals surface area contributed by atoms with Gasteiger partial charge >= 0.3 is 0 Å². The number of hydrazine groups is 1. The largest absolute Gasteiger partial charge is 0.487 e. The zero-order valence-electron chi connectivity index (χ0n) is 18.1. The molecule has 4 aromatic rings. The number of ether oxygens (including phenoxy) is 1. The van der Waals surface area contributed by atoms with Gasteiger partial charge in [0.2, 0.25) is 5.91 Å². The highest BCUT2D eigenvalue weighted by atomic mass is 32.1. The third kappa shape index (κ3) is 6.05. The van der Waals surface area contributed by atoms with E-state index in [0.717, 1.165) is 32.6 Å². The van der Waals surface area contributed by atoms with Gasteiger partial charge in [-0.1, -0.05) is 60.7 Å². The van der Waals surface area contributed by atoms with E-state index in [4.69, 9.17) is 4.74 Å². The zero-order valence-corrected chi connectivity index (χ0v) is 18.9. The maximum atomic E-state index is 12.3. The summed E-state index contributed by atoms with van der Waals surface area (Å²) in [5.74, 6) is -0.0891. The predicted molar refractivity (Wildman–Crippen MR) is 131 cm³/mol. The average molecular weight is 458 g/mol. The molecule has 4 rings (SSSR count). The van der Waals surface area contributed by atoms with Gasteiger partial charge < -0.3 is 4.74 Å².